The number of aryl methyl sites for hydroxylation is 1. The van der Waals surface area contributed by atoms with E-state index in [2.05, 4.69) is 0 Å². The molecule has 0 spiro atoms. The van der Waals surface area contributed by atoms with Gasteiger partial charge in [-0.1, -0.05) is 0 Å². The lowest BCUT2D eigenvalue weighted by Crippen LogP contribution is -2.46. The molecule has 2 rings (SSSR count). The second-order valence-corrected chi connectivity index (χ2v) is 5.65. The molecule has 1 aromatic rings. The van der Waals surface area contributed by atoms with Crippen LogP contribution in [0.5, 0.6) is 11.5 Å². The summed E-state index contributed by atoms with van der Waals surface area (Å²) < 4.78 is 15.8. The Kier molecular flexibility index (Phi) is 6.43. The van der Waals surface area contributed by atoms with Crippen LogP contribution in [0.1, 0.15) is 18.4 Å². The average Bonchev–Trinajstić information content (AvgIpc) is 2.58. The molecule has 1 aliphatic rings. The third kappa shape index (κ3) is 5.13. The van der Waals surface area contributed by atoms with E-state index < -0.39 is 12.1 Å². The van der Waals surface area contributed by atoms with Gasteiger partial charge in [0.1, 0.15) is 11.5 Å². The number of nitrogens with zero attached hydrogens (tertiary/aromatic N) is 1. The molecule has 0 aromatic heterocycles. The zero-order valence-corrected chi connectivity index (χ0v) is 14.0. The van der Waals surface area contributed by atoms with Crippen molar-refractivity contribution < 1.29 is 28.9 Å². The van der Waals surface area contributed by atoms with Crippen LogP contribution in [0.2, 0.25) is 0 Å². The standard InChI is InChI=1S/C17H23NO6/c1-22-13-7-12(8-14(9-13)23-2)3-4-16(19)18-5-6-24-15(11-18)10-17(20)21/h7-9,15H,3-6,10-11H2,1-2H3,(H,20,21). The van der Waals surface area contributed by atoms with Gasteiger partial charge in [0.15, 0.2) is 0 Å². The quantitative estimate of drug-likeness (QED) is 0.808. The molecule has 1 heterocycles. The third-order valence-electron chi connectivity index (χ3n) is 3.93. The van der Waals surface area contributed by atoms with Crippen LogP contribution in [0.25, 0.3) is 0 Å². The molecule has 1 saturated heterocycles. The number of hydrogen-bond donors (Lipinski definition) is 1. The summed E-state index contributed by atoms with van der Waals surface area (Å²) >= 11 is 0. The highest BCUT2D eigenvalue weighted by Crippen LogP contribution is 2.23. The summed E-state index contributed by atoms with van der Waals surface area (Å²) in [5.41, 5.74) is 0.954. The Morgan fingerprint density at radius 1 is 1.25 bits per heavy atom. The Balaban J connectivity index is 1.91. The number of benzene rings is 1. The Bertz CT molecular complexity index is 566. The van der Waals surface area contributed by atoms with Crippen molar-refractivity contribution >= 4 is 11.9 Å². The Morgan fingerprint density at radius 2 is 1.92 bits per heavy atom. The van der Waals surface area contributed by atoms with Crippen LogP contribution in [0, 0.1) is 0 Å². The van der Waals surface area contributed by atoms with E-state index in [9.17, 15) is 9.59 Å². The largest absolute Gasteiger partial charge is 0.497 e. The van der Waals surface area contributed by atoms with Crippen LogP contribution in [0.15, 0.2) is 18.2 Å². The number of hydrogen-bond acceptors (Lipinski definition) is 5. The number of morpholine rings is 1. The van der Waals surface area contributed by atoms with Crippen molar-refractivity contribution in [2.24, 2.45) is 0 Å². The van der Waals surface area contributed by atoms with Crippen molar-refractivity contribution in [3.8, 4) is 11.5 Å². The number of amides is 1. The van der Waals surface area contributed by atoms with Gasteiger partial charge >= 0.3 is 5.97 Å². The van der Waals surface area contributed by atoms with Crippen LogP contribution >= 0.6 is 0 Å². The lowest BCUT2D eigenvalue weighted by molar-refractivity contribution is -0.147. The van der Waals surface area contributed by atoms with Crippen molar-refractivity contribution in [2.45, 2.75) is 25.4 Å². The molecule has 1 aliphatic heterocycles. The van der Waals surface area contributed by atoms with E-state index in [0.29, 0.717) is 44.0 Å². The molecule has 24 heavy (non-hydrogen) atoms. The van der Waals surface area contributed by atoms with Gasteiger partial charge < -0.3 is 24.2 Å². The molecule has 0 saturated carbocycles. The van der Waals surface area contributed by atoms with Gasteiger partial charge in [0, 0.05) is 25.6 Å². The molecule has 1 fully saturated rings. The van der Waals surface area contributed by atoms with E-state index in [1.165, 1.54) is 0 Å². The summed E-state index contributed by atoms with van der Waals surface area (Å²) in [5.74, 6) is 0.447. The van der Waals surface area contributed by atoms with Crippen LogP contribution in [-0.4, -0.2) is 61.9 Å². The number of carboxylic acids is 1. The van der Waals surface area contributed by atoms with Gasteiger partial charge in [-0.3, -0.25) is 9.59 Å². The number of carbonyl (C=O) groups is 2. The van der Waals surface area contributed by atoms with Gasteiger partial charge in [-0.2, -0.15) is 0 Å². The number of aliphatic carboxylic acids is 1. The second-order valence-electron chi connectivity index (χ2n) is 5.65. The van der Waals surface area contributed by atoms with E-state index >= 15 is 0 Å². The number of ether oxygens (including phenoxy) is 3. The molecule has 1 amide bonds. The van der Waals surface area contributed by atoms with Crippen molar-refractivity contribution in [1.82, 2.24) is 4.90 Å². The van der Waals surface area contributed by atoms with Crippen LogP contribution in [0.4, 0.5) is 0 Å². The highest BCUT2D eigenvalue weighted by Gasteiger charge is 2.25. The maximum atomic E-state index is 12.4. The first-order valence-corrected chi connectivity index (χ1v) is 7.85. The minimum Gasteiger partial charge on any atom is -0.497 e. The van der Waals surface area contributed by atoms with E-state index in [4.69, 9.17) is 19.3 Å². The Labute approximate surface area is 141 Å². The van der Waals surface area contributed by atoms with Crippen molar-refractivity contribution in [3.05, 3.63) is 23.8 Å². The van der Waals surface area contributed by atoms with Gasteiger partial charge in [0.05, 0.1) is 33.4 Å². The Morgan fingerprint density at radius 3 is 2.50 bits per heavy atom. The van der Waals surface area contributed by atoms with Crippen LogP contribution in [0.3, 0.4) is 0 Å². The fourth-order valence-electron chi connectivity index (χ4n) is 2.68. The third-order valence-corrected chi connectivity index (χ3v) is 3.93. The molecule has 0 bridgehead atoms. The van der Waals surface area contributed by atoms with Crippen molar-refractivity contribution in [2.75, 3.05) is 33.9 Å². The zero-order valence-electron chi connectivity index (χ0n) is 14.0. The lowest BCUT2D eigenvalue weighted by atomic mass is 10.1. The van der Waals surface area contributed by atoms with E-state index in [-0.39, 0.29) is 12.3 Å². The summed E-state index contributed by atoms with van der Waals surface area (Å²) in [7, 11) is 3.17. The first kappa shape index (κ1) is 18.1. The van der Waals surface area contributed by atoms with Crippen LogP contribution in [-0.2, 0) is 20.7 Å². The highest BCUT2D eigenvalue weighted by molar-refractivity contribution is 5.76. The molecule has 7 nitrogen and oxygen atoms in total. The average molecular weight is 337 g/mol. The van der Waals surface area contributed by atoms with Gasteiger partial charge in [0.25, 0.3) is 0 Å². The van der Waals surface area contributed by atoms with Gasteiger partial charge in [-0.05, 0) is 24.1 Å². The molecular formula is C17H23NO6. The number of rotatable bonds is 7. The molecule has 1 unspecified atom stereocenters. The smallest absolute Gasteiger partial charge is 0.306 e. The van der Waals surface area contributed by atoms with E-state index in [1.807, 2.05) is 12.1 Å². The summed E-state index contributed by atoms with van der Waals surface area (Å²) in [6, 6.07) is 5.54. The first-order chi connectivity index (χ1) is 11.5. The topological polar surface area (TPSA) is 85.3 Å². The number of carboxylic acid groups (broad SMARTS) is 1. The van der Waals surface area contributed by atoms with Crippen molar-refractivity contribution in [1.29, 1.82) is 0 Å². The molecule has 1 N–H and O–H groups in total. The summed E-state index contributed by atoms with van der Waals surface area (Å²) in [6.45, 7) is 1.19. The van der Waals surface area contributed by atoms with E-state index in [0.717, 1.165) is 5.56 Å². The lowest BCUT2D eigenvalue weighted by Gasteiger charge is -2.32. The highest BCUT2D eigenvalue weighted by atomic mass is 16.5. The molecule has 7 heteroatoms. The summed E-state index contributed by atoms with van der Waals surface area (Å²) in [4.78, 5) is 24.8. The normalized spacial score (nSPS) is 17.4. The second kappa shape index (κ2) is 8.54. The molecule has 1 aromatic carbocycles. The minimum atomic E-state index is -0.919. The van der Waals surface area contributed by atoms with Gasteiger partial charge in [-0.15, -0.1) is 0 Å². The predicted octanol–water partition coefficient (Wildman–Crippen LogP) is 1.34. The first-order valence-electron chi connectivity index (χ1n) is 7.85. The zero-order chi connectivity index (χ0) is 17.5. The monoisotopic (exact) mass is 337 g/mol. The fourth-order valence-corrected chi connectivity index (χ4v) is 2.68. The molecule has 0 radical (unpaired) electrons. The van der Waals surface area contributed by atoms with Crippen molar-refractivity contribution in [3.63, 3.8) is 0 Å². The molecular weight excluding hydrogens is 314 g/mol. The molecule has 1 atom stereocenters. The maximum absolute atomic E-state index is 12.4. The Hall–Kier alpha value is -2.28. The van der Waals surface area contributed by atoms with Gasteiger partial charge in [-0.25, -0.2) is 0 Å². The molecule has 132 valence electrons. The van der Waals surface area contributed by atoms with Gasteiger partial charge in [0.2, 0.25) is 5.91 Å². The SMILES string of the molecule is COc1cc(CCC(=O)N2CCOC(CC(=O)O)C2)cc(OC)c1. The summed E-state index contributed by atoms with van der Waals surface area (Å²) in [5, 5.41) is 8.83. The van der Waals surface area contributed by atoms with E-state index in [1.54, 1.807) is 25.2 Å². The maximum Gasteiger partial charge on any atom is 0.306 e. The minimum absolute atomic E-state index is 0.00419. The number of methoxy groups -OCH3 is 2. The summed E-state index contributed by atoms with van der Waals surface area (Å²) in [6.07, 6.45) is 0.387. The number of carbonyl (C=O) groups excluding carboxylic acids is 1. The predicted molar refractivity (Wildman–Crippen MR) is 86.4 cm³/mol. The fraction of sp³-hybridized carbons (Fsp3) is 0.529. The van der Waals surface area contributed by atoms with Crippen LogP contribution < -0.4 is 9.47 Å². The molecule has 0 aliphatic carbocycles.